The minimum absolute atomic E-state index is 0.124. The molecule has 29 heavy (non-hydrogen) atoms. The molecule has 4 rings (SSSR count). The van der Waals surface area contributed by atoms with Gasteiger partial charge in [-0.15, -0.1) is 0 Å². The monoisotopic (exact) mass is 394 g/mol. The van der Waals surface area contributed by atoms with E-state index in [0.717, 1.165) is 11.3 Å². The first-order valence-corrected chi connectivity index (χ1v) is 9.69. The zero-order valence-corrected chi connectivity index (χ0v) is 15.8. The first kappa shape index (κ1) is 19.0. The van der Waals surface area contributed by atoms with Gasteiger partial charge in [0.05, 0.1) is 5.92 Å². The van der Waals surface area contributed by atoms with Gasteiger partial charge >= 0.3 is 5.97 Å². The van der Waals surface area contributed by atoms with Crippen LogP contribution in [0.15, 0.2) is 48.5 Å². The summed E-state index contributed by atoms with van der Waals surface area (Å²) in [5.41, 5.74) is 2.12. The number of carbonyl (C=O) groups is 3. The minimum atomic E-state index is -0.800. The summed E-state index contributed by atoms with van der Waals surface area (Å²) in [7, 11) is 0. The number of hydrogen-bond acceptors (Lipinski definition) is 4. The van der Waals surface area contributed by atoms with E-state index in [0.29, 0.717) is 43.6 Å². The number of hydrogen-bond donors (Lipinski definition) is 2. The molecule has 0 aromatic heterocycles. The molecule has 2 aliphatic heterocycles. The summed E-state index contributed by atoms with van der Waals surface area (Å²) in [5.74, 6) is -0.787. The molecule has 0 spiro atoms. The molecular weight excluding hydrogens is 372 g/mol. The van der Waals surface area contributed by atoms with E-state index in [1.807, 2.05) is 24.3 Å². The lowest BCUT2D eigenvalue weighted by Gasteiger charge is -2.30. The molecule has 150 valence electrons. The van der Waals surface area contributed by atoms with Gasteiger partial charge in [0.1, 0.15) is 5.75 Å². The lowest BCUT2D eigenvalue weighted by Crippen LogP contribution is -2.40. The molecule has 7 heteroatoms. The van der Waals surface area contributed by atoms with Crippen molar-refractivity contribution in [1.29, 1.82) is 0 Å². The standard InChI is InChI=1S/C22H22N2O5/c25-20(19-13-16-3-1-2-4-18(16)29-19)23-17-7-5-14(6-8-17)21(26)24-11-9-15(10-12-24)22(27)28/h1-8,15,19H,9-13H2,(H,23,25)(H,27,28). The van der Waals surface area contributed by atoms with Gasteiger partial charge in [-0.1, -0.05) is 18.2 Å². The number of nitrogens with zero attached hydrogens (tertiary/aromatic N) is 1. The van der Waals surface area contributed by atoms with Crippen molar-refractivity contribution in [2.24, 2.45) is 5.92 Å². The number of rotatable bonds is 4. The topological polar surface area (TPSA) is 95.9 Å². The van der Waals surface area contributed by atoms with Crippen molar-refractivity contribution in [3.8, 4) is 5.75 Å². The number of carbonyl (C=O) groups excluding carboxylic acids is 2. The first-order valence-electron chi connectivity index (χ1n) is 9.69. The van der Waals surface area contributed by atoms with Crippen molar-refractivity contribution in [3.05, 3.63) is 59.7 Å². The molecule has 1 saturated heterocycles. The predicted octanol–water partition coefficient (Wildman–Crippen LogP) is 2.57. The van der Waals surface area contributed by atoms with Gasteiger partial charge in [0.2, 0.25) is 0 Å². The number of aliphatic carboxylic acids is 1. The van der Waals surface area contributed by atoms with Gasteiger partial charge in [-0.3, -0.25) is 14.4 Å². The molecule has 2 aliphatic rings. The Hall–Kier alpha value is -3.35. The molecule has 2 aromatic carbocycles. The maximum atomic E-state index is 12.6. The Morgan fingerprint density at radius 3 is 2.34 bits per heavy atom. The number of para-hydroxylation sites is 1. The first-order chi connectivity index (χ1) is 14.0. The number of carboxylic acids is 1. The lowest BCUT2D eigenvalue weighted by atomic mass is 9.96. The molecule has 0 bridgehead atoms. The Morgan fingerprint density at radius 2 is 1.69 bits per heavy atom. The zero-order chi connectivity index (χ0) is 20.4. The van der Waals surface area contributed by atoms with Gasteiger partial charge in [-0.2, -0.15) is 0 Å². The second-order valence-electron chi connectivity index (χ2n) is 7.39. The van der Waals surface area contributed by atoms with Crippen LogP contribution in [0.2, 0.25) is 0 Å². The van der Waals surface area contributed by atoms with Crippen molar-refractivity contribution in [2.45, 2.75) is 25.4 Å². The van der Waals surface area contributed by atoms with Crippen LogP contribution >= 0.6 is 0 Å². The summed E-state index contributed by atoms with van der Waals surface area (Å²) in [5, 5.41) is 11.9. The number of benzene rings is 2. The van der Waals surface area contributed by atoms with E-state index in [9.17, 15) is 14.4 Å². The number of anilines is 1. The third kappa shape index (κ3) is 4.08. The SMILES string of the molecule is O=C(O)C1CCN(C(=O)c2ccc(NC(=O)C3Cc4ccccc4O3)cc2)CC1. The molecule has 1 atom stereocenters. The van der Waals surface area contributed by atoms with E-state index in [4.69, 9.17) is 9.84 Å². The molecule has 0 saturated carbocycles. The largest absolute Gasteiger partial charge is 0.481 e. The fourth-order valence-electron chi connectivity index (χ4n) is 3.76. The van der Waals surface area contributed by atoms with E-state index in [-0.39, 0.29) is 17.7 Å². The molecule has 1 fully saturated rings. The summed E-state index contributed by atoms with van der Waals surface area (Å²) in [6.45, 7) is 0.877. The van der Waals surface area contributed by atoms with Crippen LogP contribution in [0.4, 0.5) is 5.69 Å². The third-order valence-corrected chi connectivity index (χ3v) is 5.47. The molecule has 2 aromatic rings. The Bertz CT molecular complexity index is 907. The number of piperidine rings is 1. The number of nitrogens with one attached hydrogen (secondary N) is 1. The second-order valence-corrected chi connectivity index (χ2v) is 7.39. The van der Waals surface area contributed by atoms with E-state index < -0.39 is 12.1 Å². The van der Waals surface area contributed by atoms with Crippen LogP contribution in [0, 0.1) is 5.92 Å². The van der Waals surface area contributed by atoms with Gasteiger partial charge in [0, 0.05) is 30.8 Å². The van der Waals surface area contributed by atoms with Gasteiger partial charge in [0.15, 0.2) is 6.10 Å². The fourth-order valence-corrected chi connectivity index (χ4v) is 3.76. The summed E-state index contributed by atoms with van der Waals surface area (Å²) in [6.07, 6.45) is 0.910. The Balaban J connectivity index is 1.33. The van der Waals surface area contributed by atoms with Crippen LogP contribution in [0.1, 0.15) is 28.8 Å². The van der Waals surface area contributed by atoms with Gasteiger partial charge in [-0.05, 0) is 48.7 Å². The summed E-state index contributed by atoms with van der Waals surface area (Å²) in [4.78, 5) is 37.8. The average Bonchev–Trinajstić information content (AvgIpc) is 3.18. The maximum Gasteiger partial charge on any atom is 0.306 e. The average molecular weight is 394 g/mol. The Kier molecular flexibility index (Phi) is 5.20. The predicted molar refractivity (Wildman–Crippen MR) is 106 cm³/mol. The van der Waals surface area contributed by atoms with Crippen LogP contribution in [-0.4, -0.2) is 47.0 Å². The van der Waals surface area contributed by atoms with Crippen LogP contribution < -0.4 is 10.1 Å². The number of amides is 2. The summed E-state index contributed by atoms with van der Waals surface area (Å²) >= 11 is 0. The summed E-state index contributed by atoms with van der Waals surface area (Å²) in [6, 6.07) is 14.3. The van der Waals surface area contributed by atoms with Crippen LogP contribution in [0.5, 0.6) is 5.75 Å². The summed E-state index contributed by atoms with van der Waals surface area (Å²) < 4.78 is 5.69. The van der Waals surface area contributed by atoms with Crippen molar-refractivity contribution >= 4 is 23.5 Å². The number of fused-ring (bicyclic) bond motifs is 1. The van der Waals surface area contributed by atoms with E-state index in [1.165, 1.54) is 0 Å². The number of likely N-dealkylation sites (tertiary alicyclic amines) is 1. The van der Waals surface area contributed by atoms with Crippen LogP contribution in [0.25, 0.3) is 0 Å². The van der Waals surface area contributed by atoms with Gasteiger partial charge < -0.3 is 20.1 Å². The molecule has 7 nitrogen and oxygen atoms in total. The van der Waals surface area contributed by atoms with Crippen molar-refractivity contribution in [2.75, 3.05) is 18.4 Å². The van der Waals surface area contributed by atoms with Crippen molar-refractivity contribution in [3.63, 3.8) is 0 Å². The molecule has 0 radical (unpaired) electrons. The highest BCUT2D eigenvalue weighted by Gasteiger charge is 2.29. The van der Waals surface area contributed by atoms with Gasteiger partial charge in [-0.25, -0.2) is 0 Å². The third-order valence-electron chi connectivity index (χ3n) is 5.47. The van der Waals surface area contributed by atoms with Crippen LogP contribution in [-0.2, 0) is 16.0 Å². The zero-order valence-electron chi connectivity index (χ0n) is 15.8. The Labute approximate surface area is 168 Å². The molecule has 0 aliphatic carbocycles. The van der Waals surface area contributed by atoms with Crippen molar-refractivity contribution in [1.82, 2.24) is 4.90 Å². The quantitative estimate of drug-likeness (QED) is 0.831. The van der Waals surface area contributed by atoms with Crippen molar-refractivity contribution < 1.29 is 24.2 Å². The lowest BCUT2D eigenvalue weighted by molar-refractivity contribution is -0.143. The number of carboxylic acid groups (broad SMARTS) is 1. The normalized spacial score (nSPS) is 18.6. The van der Waals surface area contributed by atoms with E-state index >= 15 is 0 Å². The van der Waals surface area contributed by atoms with Crippen LogP contribution in [0.3, 0.4) is 0 Å². The smallest absolute Gasteiger partial charge is 0.306 e. The van der Waals surface area contributed by atoms with Gasteiger partial charge in [0.25, 0.3) is 11.8 Å². The highest BCUT2D eigenvalue weighted by atomic mass is 16.5. The molecule has 2 amide bonds. The molecule has 2 heterocycles. The minimum Gasteiger partial charge on any atom is -0.481 e. The number of ether oxygens (including phenoxy) is 1. The fraction of sp³-hybridized carbons (Fsp3) is 0.318. The van der Waals surface area contributed by atoms with E-state index in [1.54, 1.807) is 29.2 Å². The Morgan fingerprint density at radius 1 is 1.00 bits per heavy atom. The highest BCUT2D eigenvalue weighted by molar-refractivity contribution is 5.97. The maximum absolute atomic E-state index is 12.6. The molecular formula is C22H22N2O5. The molecule has 2 N–H and O–H groups in total. The molecule has 1 unspecified atom stereocenters. The second kappa shape index (κ2) is 7.95. The van der Waals surface area contributed by atoms with E-state index in [2.05, 4.69) is 5.32 Å². The highest BCUT2D eigenvalue weighted by Crippen LogP contribution is 2.28.